The van der Waals surface area contributed by atoms with Crippen LogP contribution in [0.2, 0.25) is 0 Å². The standard InChI is InChI=1S/C24H29N3O3/c1-5-27(6-2)16-11-12-19(15(3)13-16)25-22(28)21-18-14-24(4,26-23(21)29)30-20-10-8-7-9-17(18)20/h7-13,18,21H,5-6,14H2,1-4H3,(H,25,28)(H,26,29). The predicted octanol–water partition coefficient (Wildman–Crippen LogP) is 3.81. The Balaban J connectivity index is 1.60. The number of hydrogen-bond acceptors (Lipinski definition) is 4. The van der Waals surface area contributed by atoms with E-state index in [1.165, 1.54) is 0 Å². The first kappa shape index (κ1) is 20.3. The maximum atomic E-state index is 13.3. The Labute approximate surface area is 177 Å². The van der Waals surface area contributed by atoms with Gasteiger partial charge < -0.3 is 20.3 Å². The molecule has 2 aromatic rings. The van der Waals surface area contributed by atoms with Gasteiger partial charge in [-0.2, -0.15) is 0 Å². The number of piperidine rings is 1. The van der Waals surface area contributed by atoms with Gasteiger partial charge in [-0.25, -0.2) is 0 Å². The minimum absolute atomic E-state index is 0.219. The molecule has 2 heterocycles. The van der Waals surface area contributed by atoms with Crippen molar-refractivity contribution in [2.24, 2.45) is 5.92 Å². The average Bonchev–Trinajstić information content (AvgIpc) is 2.70. The molecular weight excluding hydrogens is 378 g/mol. The van der Waals surface area contributed by atoms with Gasteiger partial charge in [0.2, 0.25) is 11.8 Å². The number of benzene rings is 2. The molecule has 6 nitrogen and oxygen atoms in total. The fourth-order valence-electron chi connectivity index (χ4n) is 4.67. The van der Waals surface area contributed by atoms with Crippen molar-refractivity contribution >= 4 is 23.2 Å². The highest BCUT2D eigenvalue weighted by atomic mass is 16.5. The lowest BCUT2D eigenvalue weighted by molar-refractivity contribution is -0.145. The van der Waals surface area contributed by atoms with Crippen LogP contribution in [0.4, 0.5) is 11.4 Å². The largest absolute Gasteiger partial charge is 0.468 e. The molecule has 2 aliphatic heterocycles. The van der Waals surface area contributed by atoms with Gasteiger partial charge in [-0.3, -0.25) is 9.59 Å². The molecule has 0 spiro atoms. The van der Waals surface area contributed by atoms with Crippen molar-refractivity contribution in [1.29, 1.82) is 0 Å². The molecule has 0 aromatic heterocycles. The summed E-state index contributed by atoms with van der Waals surface area (Å²) in [5, 5.41) is 5.91. The van der Waals surface area contributed by atoms with Crippen molar-refractivity contribution in [3.05, 3.63) is 53.6 Å². The summed E-state index contributed by atoms with van der Waals surface area (Å²) in [6, 6.07) is 13.7. The summed E-state index contributed by atoms with van der Waals surface area (Å²) in [7, 11) is 0. The van der Waals surface area contributed by atoms with E-state index in [-0.39, 0.29) is 17.7 Å². The van der Waals surface area contributed by atoms with Gasteiger partial charge in [0, 0.05) is 36.8 Å². The highest BCUT2D eigenvalue weighted by Crippen LogP contribution is 2.46. The summed E-state index contributed by atoms with van der Waals surface area (Å²) in [6.45, 7) is 9.92. The molecule has 1 saturated heterocycles. The molecule has 2 amide bonds. The van der Waals surface area contributed by atoms with Gasteiger partial charge in [-0.15, -0.1) is 0 Å². The summed E-state index contributed by atoms with van der Waals surface area (Å²) >= 11 is 0. The van der Waals surface area contributed by atoms with E-state index < -0.39 is 11.6 Å². The number of para-hydroxylation sites is 1. The number of rotatable bonds is 5. The highest BCUT2D eigenvalue weighted by Gasteiger charge is 2.51. The van der Waals surface area contributed by atoms with Crippen molar-refractivity contribution in [2.45, 2.75) is 45.8 Å². The molecule has 158 valence electrons. The second-order valence-corrected chi connectivity index (χ2v) is 8.31. The minimum Gasteiger partial charge on any atom is -0.468 e. The van der Waals surface area contributed by atoms with Crippen LogP contribution in [0.15, 0.2) is 42.5 Å². The number of fused-ring (bicyclic) bond motifs is 4. The van der Waals surface area contributed by atoms with Crippen molar-refractivity contribution in [2.75, 3.05) is 23.3 Å². The smallest absolute Gasteiger partial charge is 0.237 e. The number of nitrogens with one attached hydrogen (secondary N) is 2. The molecule has 0 aliphatic carbocycles. The van der Waals surface area contributed by atoms with Crippen LogP contribution in [0.5, 0.6) is 5.75 Å². The zero-order chi connectivity index (χ0) is 21.5. The lowest BCUT2D eigenvalue weighted by atomic mass is 9.74. The fourth-order valence-corrected chi connectivity index (χ4v) is 4.67. The third-order valence-electron chi connectivity index (χ3n) is 6.21. The molecule has 30 heavy (non-hydrogen) atoms. The van der Waals surface area contributed by atoms with Gasteiger partial charge in [-0.1, -0.05) is 18.2 Å². The number of ether oxygens (including phenoxy) is 1. The van der Waals surface area contributed by atoms with Crippen LogP contribution in [-0.2, 0) is 9.59 Å². The van der Waals surface area contributed by atoms with Crippen LogP contribution >= 0.6 is 0 Å². The van der Waals surface area contributed by atoms with E-state index in [1.807, 2.05) is 50.2 Å². The first-order valence-corrected chi connectivity index (χ1v) is 10.6. The Morgan fingerprint density at radius 3 is 2.67 bits per heavy atom. The number of hydrogen-bond donors (Lipinski definition) is 2. The Kier molecular flexibility index (Phi) is 5.18. The first-order valence-electron chi connectivity index (χ1n) is 10.6. The molecule has 2 bridgehead atoms. The summed E-state index contributed by atoms with van der Waals surface area (Å²) < 4.78 is 6.01. The van der Waals surface area contributed by atoms with E-state index in [0.29, 0.717) is 6.42 Å². The van der Waals surface area contributed by atoms with Crippen LogP contribution in [0.25, 0.3) is 0 Å². The van der Waals surface area contributed by atoms with Crippen LogP contribution in [-0.4, -0.2) is 30.6 Å². The Morgan fingerprint density at radius 2 is 1.97 bits per heavy atom. The van der Waals surface area contributed by atoms with E-state index in [2.05, 4.69) is 35.4 Å². The SMILES string of the molecule is CCN(CC)c1ccc(NC(=O)C2C(=O)NC3(C)CC2c2ccccc2O3)c(C)c1. The highest BCUT2D eigenvalue weighted by molar-refractivity contribution is 6.08. The van der Waals surface area contributed by atoms with Gasteiger partial charge in [0.15, 0.2) is 5.72 Å². The van der Waals surface area contributed by atoms with Crippen molar-refractivity contribution < 1.29 is 14.3 Å². The topological polar surface area (TPSA) is 70.7 Å². The number of nitrogens with zero attached hydrogens (tertiary/aromatic N) is 1. The predicted molar refractivity (Wildman–Crippen MR) is 118 cm³/mol. The molecule has 4 rings (SSSR count). The number of aryl methyl sites for hydroxylation is 1. The van der Waals surface area contributed by atoms with Crippen LogP contribution in [0.3, 0.4) is 0 Å². The summed E-state index contributed by atoms with van der Waals surface area (Å²) in [5.41, 5.74) is 2.96. The number of carbonyl (C=O) groups is 2. The van der Waals surface area contributed by atoms with E-state index in [0.717, 1.165) is 41.3 Å². The molecule has 6 heteroatoms. The molecular formula is C24H29N3O3. The van der Waals surface area contributed by atoms with E-state index in [4.69, 9.17) is 4.74 Å². The normalized spacial score (nSPS) is 24.3. The van der Waals surface area contributed by atoms with E-state index in [9.17, 15) is 9.59 Å². The van der Waals surface area contributed by atoms with Gasteiger partial charge in [-0.05, 0) is 63.1 Å². The molecule has 3 unspecified atom stereocenters. The molecule has 0 radical (unpaired) electrons. The maximum absolute atomic E-state index is 13.3. The van der Waals surface area contributed by atoms with Crippen molar-refractivity contribution in [3.8, 4) is 5.75 Å². The fraction of sp³-hybridized carbons (Fsp3) is 0.417. The number of amides is 2. The number of carbonyl (C=O) groups excluding carboxylic acids is 2. The van der Waals surface area contributed by atoms with Gasteiger partial charge in [0.25, 0.3) is 0 Å². The van der Waals surface area contributed by atoms with Crippen molar-refractivity contribution in [1.82, 2.24) is 5.32 Å². The monoisotopic (exact) mass is 407 g/mol. The van der Waals surface area contributed by atoms with Crippen LogP contribution < -0.4 is 20.3 Å². The first-order chi connectivity index (χ1) is 14.3. The third-order valence-corrected chi connectivity index (χ3v) is 6.21. The summed E-state index contributed by atoms with van der Waals surface area (Å²) in [4.78, 5) is 28.4. The second kappa shape index (κ2) is 7.67. The average molecular weight is 408 g/mol. The second-order valence-electron chi connectivity index (χ2n) is 8.31. The molecule has 2 aromatic carbocycles. The molecule has 1 fully saturated rings. The van der Waals surface area contributed by atoms with Gasteiger partial charge in [0.05, 0.1) is 0 Å². The molecule has 3 atom stereocenters. The Morgan fingerprint density at radius 1 is 1.23 bits per heavy atom. The van der Waals surface area contributed by atoms with Gasteiger partial charge in [0.1, 0.15) is 11.7 Å². The number of anilines is 2. The summed E-state index contributed by atoms with van der Waals surface area (Å²) in [6.07, 6.45) is 0.563. The summed E-state index contributed by atoms with van der Waals surface area (Å²) in [5.74, 6) is -0.865. The molecule has 2 aliphatic rings. The Bertz CT molecular complexity index is 985. The zero-order valence-corrected chi connectivity index (χ0v) is 18.0. The quantitative estimate of drug-likeness (QED) is 0.740. The molecule has 0 saturated carbocycles. The Hall–Kier alpha value is -3.02. The van der Waals surface area contributed by atoms with Crippen molar-refractivity contribution in [3.63, 3.8) is 0 Å². The van der Waals surface area contributed by atoms with Gasteiger partial charge >= 0.3 is 0 Å². The van der Waals surface area contributed by atoms with Crippen LogP contribution in [0.1, 0.15) is 44.2 Å². The lowest BCUT2D eigenvalue weighted by Crippen LogP contribution is -2.62. The van der Waals surface area contributed by atoms with E-state index in [1.54, 1.807) is 0 Å². The molecule has 2 N–H and O–H groups in total. The minimum atomic E-state index is -0.801. The lowest BCUT2D eigenvalue weighted by Gasteiger charge is -2.46. The van der Waals surface area contributed by atoms with Crippen LogP contribution in [0, 0.1) is 12.8 Å². The maximum Gasteiger partial charge on any atom is 0.237 e. The van der Waals surface area contributed by atoms with E-state index >= 15 is 0 Å². The third kappa shape index (κ3) is 3.51. The zero-order valence-electron chi connectivity index (χ0n) is 18.0.